The number of non-ortho nitro benzene ring substituents is 1. The van der Waals surface area contributed by atoms with E-state index in [1.807, 2.05) is 37.3 Å². The molecule has 6 nitrogen and oxygen atoms in total. The average molecular weight is 341 g/mol. The van der Waals surface area contributed by atoms with Crippen LogP contribution in [0.4, 0.5) is 5.69 Å². The minimum absolute atomic E-state index is 0.0185. The molecule has 0 amide bonds. The molecular formula is C19H19NO5. The number of nitro benzene ring substituents is 1. The Kier molecular flexibility index (Phi) is 6.71. The van der Waals surface area contributed by atoms with E-state index in [0.29, 0.717) is 12.4 Å². The van der Waals surface area contributed by atoms with Crippen LogP contribution in [0.3, 0.4) is 0 Å². The van der Waals surface area contributed by atoms with E-state index in [2.05, 4.69) is 0 Å². The number of hydrogen-bond acceptors (Lipinski definition) is 5. The topological polar surface area (TPSA) is 78.7 Å². The van der Waals surface area contributed by atoms with Gasteiger partial charge in [-0.2, -0.15) is 0 Å². The predicted molar refractivity (Wildman–Crippen MR) is 93.5 cm³/mol. The van der Waals surface area contributed by atoms with Gasteiger partial charge in [-0.3, -0.25) is 14.9 Å². The van der Waals surface area contributed by atoms with Gasteiger partial charge < -0.3 is 9.47 Å². The number of ether oxygens (including phenoxy) is 2. The van der Waals surface area contributed by atoms with E-state index >= 15 is 0 Å². The van der Waals surface area contributed by atoms with Crippen molar-refractivity contribution < 1.29 is 19.2 Å². The van der Waals surface area contributed by atoms with Crippen molar-refractivity contribution in [2.45, 2.75) is 13.3 Å². The quantitative estimate of drug-likeness (QED) is 0.316. The second-order valence-electron chi connectivity index (χ2n) is 5.44. The van der Waals surface area contributed by atoms with E-state index in [4.69, 9.17) is 9.47 Å². The highest BCUT2D eigenvalue weighted by Crippen LogP contribution is 2.17. The number of carbonyl (C=O) groups is 1. The highest BCUT2D eigenvalue weighted by Gasteiger charge is 2.05. The number of esters is 1. The second kappa shape index (κ2) is 9.22. The molecule has 0 spiro atoms. The van der Waals surface area contributed by atoms with E-state index in [-0.39, 0.29) is 24.7 Å². The van der Waals surface area contributed by atoms with Crippen molar-refractivity contribution in [3.63, 3.8) is 0 Å². The first-order valence-corrected chi connectivity index (χ1v) is 7.77. The molecule has 2 rings (SSSR count). The van der Waals surface area contributed by atoms with Crippen molar-refractivity contribution in [2.75, 3.05) is 13.2 Å². The van der Waals surface area contributed by atoms with Crippen molar-refractivity contribution in [3.8, 4) is 5.75 Å². The molecule has 0 heterocycles. The lowest BCUT2D eigenvalue weighted by Gasteiger charge is -2.07. The molecule has 6 heteroatoms. The summed E-state index contributed by atoms with van der Waals surface area (Å²) in [4.78, 5) is 21.8. The summed E-state index contributed by atoms with van der Waals surface area (Å²) in [6.07, 6.45) is 2.02. The van der Waals surface area contributed by atoms with Gasteiger partial charge >= 0.3 is 5.97 Å². The van der Waals surface area contributed by atoms with Crippen LogP contribution < -0.4 is 4.74 Å². The zero-order valence-corrected chi connectivity index (χ0v) is 13.9. The van der Waals surface area contributed by atoms with E-state index in [1.54, 1.807) is 18.2 Å². The summed E-state index contributed by atoms with van der Waals surface area (Å²) in [6, 6.07) is 15.3. The lowest BCUT2D eigenvalue weighted by atomic mass is 10.2. The molecule has 0 saturated heterocycles. The molecule has 0 fully saturated rings. The first-order valence-electron chi connectivity index (χ1n) is 7.77. The molecule has 0 atom stereocenters. The van der Waals surface area contributed by atoms with Gasteiger partial charge in [0.05, 0.1) is 11.3 Å². The first kappa shape index (κ1) is 18.2. The summed E-state index contributed by atoms with van der Waals surface area (Å²) in [7, 11) is 0. The van der Waals surface area contributed by atoms with Gasteiger partial charge in [-0.15, -0.1) is 0 Å². The van der Waals surface area contributed by atoms with Crippen LogP contribution in [0.2, 0.25) is 0 Å². The Hall–Kier alpha value is -3.15. The third-order valence-electron chi connectivity index (χ3n) is 3.38. The zero-order valence-electron chi connectivity index (χ0n) is 13.9. The van der Waals surface area contributed by atoms with E-state index < -0.39 is 4.92 Å². The van der Waals surface area contributed by atoms with Crippen LogP contribution in [0.5, 0.6) is 5.75 Å². The van der Waals surface area contributed by atoms with Crippen molar-refractivity contribution >= 4 is 11.7 Å². The number of nitro groups is 1. The Morgan fingerprint density at radius 1 is 1.12 bits per heavy atom. The fraction of sp³-hybridized carbons (Fsp3) is 0.211. The summed E-state index contributed by atoms with van der Waals surface area (Å²) in [5, 5.41) is 10.6. The third-order valence-corrected chi connectivity index (χ3v) is 3.38. The van der Waals surface area contributed by atoms with E-state index in [1.165, 1.54) is 12.1 Å². The Bertz CT molecular complexity index is 738. The molecule has 0 aliphatic carbocycles. The molecule has 2 aromatic rings. The SMILES string of the molecule is CC(=CCOC(=O)Cc1ccccc1)COc1ccc([N+](=O)[O-])cc1. The summed E-state index contributed by atoms with van der Waals surface area (Å²) < 4.78 is 10.7. The van der Waals surface area contributed by atoms with Crippen molar-refractivity contribution in [1.29, 1.82) is 0 Å². The average Bonchev–Trinajstić information content (AvgIpc) is 2.61. The lowest BCUT2D eigenvalue weighted by Crippen LogP contribution is -2.08. The van der Waals surface area contributed by atoms with Gasteiger partial charge in [0.25, 0.3) is 5.69 Å². The van der Waals surface area contributed by atoms with Crippen LogP contribution in [-0.4, -0.2) is 24.1 Å². The molecule has 0 radical (unpaired) electrons. The minimum Gasteiger partial charge on any atom is -0.489 e. The molecule has 0 aliphatic heterocycles. The summed E-state index contributed by atoms with van der Waals surface area (Å²) in [6.45, 7) is 2.35. The third kappa shape index (κ3) is 6.47. The maximum atomic E-state index is 11.7. The molecule has 2 aromatic carbocycles. The fourth-order valence-corrected chi connectivity index (χ4v) is 2.01. The van der Waals surface area contributed by atoms with Gasteiger partial charge in [0.2, 0.25) is 0 Å². The number of hydrogen-bond donors (Lipinski definition) is 0. The Morgan fingerprint density at radius 3 is 2.44 bits per heavy atom. The van der Waals surface area contributed by atoms with Crippen molar-refractivity contribution in [1.82, 2.24) is 0 Å². The van der Waals surface area contributed by atoms with Crippen LogP contribution in [0.1, 0.15) is 12.5 Å². The number of nitrogens with zero attached hydrogens (tertiary/aromatic N) is 1. The van der Waals surface area contributed by atoms with Gasteiger partial charge in [-0.25, -0.2) is 0 Å². The summed E-state index contributed by atoms with van der Waals surface area (Å²) >= 11 is 0. The van der Waals surface area contributed by atoms with Gasteiger partial charge in [0, 0.05) is 12.1 Å². The Labute approximate surface area is 145 Å². The molecular weight excluding hydrogens is 322 g/mol. The minimum atomic E-state index is -0.460. The number of benzene rings is 2. The predicted octanol–water partition coefficient (Wildman–Crippen LogP) is 3.71. The van der Waals surface area contributed by atoms with Crippen LogP contribution in [0.15, 0.2) is 66.2 Å². The van der Waals surface area contributed by atoms with E-state index in [9.17, 15) is 14.9 Å². The van der Waals surface area contributed by atoms with Crippen LogP contribution >= 0.6 is 0 Å². The van der Waals surface area contributed by atoms with Gasteiger partial charge in [-0.05, 0) is 36.3 Å². The van der Waals surface area contributed by atoms with E-state index in [0.717, 1.165) is 11.1 Å². The smallest absolute Gasteiger partial charge is 0.310 e. The molecule has 0 N–H and O–H groups in total. The number of rotatable bonds is 8. The molecule has 0 bridgehead atoms. The monoisotopic (exact) mass is 341 g/mol. The standard InChI is InChI=1S/C19H19NO5/c1-15(14-25-18-9-7-17(8-10-18)20(22)23)11-12-24-19(21)13-16-5-3-2-4-6-16/h2-11H,12-14H2,1H3. The summed E-state index contributed by atoms with van der Waals surface area (Å²) in [5.74, 6) is 0.256. The van der Waals surface area contributed by atoms with Gasteiger partial charge in [0.15, 0.2) is 0 Å². The van der Waals surface area contributed by atoms with Crippen LogP contribution in [0, 0.1) is 10.1 Å². The summed E-state index contributed by atoms with van der Waals surface area (Å²) in [5.41, 5.74) is 1.82. The Morgan fingerprint density at radius 2 is 1.80 bits per heavy atom. The molecule has 0 saturated carbocycles. The highest BCUT2D eigenvalue weighted by molar-refractivity contribution is 5.72. The second-order valence-corrected chi connectivity index (χ2v) is 5.44. The molecule has 25 heavy (non-hydrogen) atoms. The number of carbonyl (C=O) groups excluding carboxylic acids is 1. The molecule has 130 valence electrons. The van der Waals surface area contributed by atoms with Gasteiger partial charge in [-0.1, -0.05) is 30.3 Å². The van der Waals surface area contributed by atoms with Crippen LogP contribution in [-0.2, 0) is 16.0 Å². The van der Waals surface area contributed by atoms with Crippen LogP contribution in [0.25, 0.3) is 0 Å². The largest absolute Gasteiger partial charge is 0.489 e. The normalized spacial score (nSPS) is 11.0. The first-order chi connectivity index (χ1) is 12.0. The maximum absolute atomic E-state index is 11.7. The molecule has 0 aromatic heterocycles. The lowest BCUT2D eigenvalue weighted by molar-refractivity contribution is -0.384. The van der Waals surface area contributed by atoms with Crippen molar-refractivity contribution in [2.24, 2.45) is 0 Å². The fourth-order valence-electron chi connectivity index (χ4n) is 2.01. The van der Waals surface area contributed by atoms with Gasteiger partial charge in [0.1, 0.15) is 19.0 Å². The highest BCUT2D eigenvalue weighted by atomic mass is 16.6. The molecule has 0 aliphatic rings. The van der Waals surface area contributed by atoms with Crippen molar-refractivity contribution in [3.05, 3.63) is 81.9 Å². The zero-order chi connectivity index (χ0) is 18.1. The molecule has 0 unspecified atom stereocenters. The maximum Gasteiger partial charge on any atom is 0.310 e. The Balaban J connectivity index is 1.72.